The molecule has 100 valence electrons. The molecule has 1 heterocycles. The Labute approximate surface area is 105 Å². The van der Waals surface area contributed by atoms with Crippen molar-refractivity contribution >= 4 is 5.91 Å². The fourth-order valence-corrected chi connectivity index (χ4v) is 2.52. The molecule has 0 aromatic heterocycles. The molecule has 0 aliphatic carbocycles. The molecule has 0 aromatic rings. The normalized spacial score (nSPS) is 18.6. The summed E-state index contributed by atoms with van der Waals surface area (Å²) in [6, 6.07) is 0.294. The van der Waals surface area contributed by atoms with E-state index in [1.165, 1.54) is 0 Å². The lowest BCUT2D eigenvalue weighted by Gasteiger charge is -2.35. The lowest BCUT2D eigenvalue weighted by molar-refractivity contribution is -0.131. The fraction of sp³-hybridized carbons (Fsp3) is 0.923. The number of amides is 1. The van der Waals surface area contributed by atoms with Crippen molar-refractivity contribution in [2.75, 3.05) is 32.8 Å². The highest BCUT2D eigenvalue weighted by Crippen LogP contribution is 2.19. The molecule has 4 nitrogen and oxygen atoms in total. The summed E-state index contributed by atoms with van der Waals surface area (Å²) in [6.45, 7) is 9.82. The van der Waals surface area contributed by atoms with E-state index >= 15 is 0 Å². The molecule has 1 saturated heterocycles. The molecule has 0 aromatic carbocycles. The molecule has 4 heteroatoms. The molecule has 0 unspecified atom stereocenters. The van der Waals surface area contributed by atoms with Crippen LogP contribution in [0.15, 0.2) is 0 Å². The van der Waals surface area contributed by atoms with Gasteiger partial charge < -0.3 is 14.9 Å². The Morgan fingerprint density at radius 1 is 1.41 bits per heavy atom. The Morgan fingerprint density at radius 3 is 2.41 bits per heavy atom. The van der Waals surface area contributed by atoms with E-state index < -0.39 is 0 Å². The van der Waals surface area contributed by atoms with Gasteiger partial charge in [0.15, 0.2) is 0 Å². The van der Waals surface area contributed by atoms with Gasteiger partial charge in [-0.3, -0.25) is 4.79 Å². The van der Waals surface area contributed by atoms with Gasteiger partial charge in [0.2, 0.25) is 5.91 Å². The zero-order valence-electron chi connectivity index (χ0n) is 11.4. The first-order valence-electron chi connectivity index (χ1n) is 6.65. The molecule has 1 amide bonds. The van der Waals surface area contributed by atoms with E-state index in [-0.39, 0.29) is 12.5 Å². The molecule has 0 atom stereocenters. The predicted octanol–water partition coefficient (Wildman–Crippen LogP) is 0.948. The number of nitrogens with zero attached hydrogens (tertiary/aromatic N) is 2. The third kappa shape index (κ3) is 4.64. The van der Waals surface area contributed by atoms with Crippen molar-refractivity contribution in [1.29, 1.82) is 0 Å². The number of β-amino-alcohol motifs (C(OH)–C–C–N with tert-alkyl or cyclic N) is 1. The Kier molecular flexibility index (Phi) is 5.92. The van der Waals surface area contributed by atoms with E-state index in [4.69, 9.17) is 5.11 Å². The van der Waals surface area contributed by atoms with Crippen LogP contribution in [0, 0.1) is 5.92 Å². The Hall–Kier alpha value is -0.610. The number of carbonyl (C=O) groups excluding carboxylic acids is 1. The summed E-state index contributed by atoms with van der Waals surface area (Å²) < 4.78 is 0. The molecule has 1 fully saturated rings. The molecule has 17 heavy (non-hydrogen) atoms. The van der Waals surface area contributed by atoms with E-state index in [0.717, 1.165) is 39.0 Å². The first kappa shape index (κ1) is 14.5. The van der Waals surface area contributed by atoms with Crippen molar-refractivity contribution in [2.45, 2.75) is 39.7 Å². The number of hydrogen-bond acceptors (Lipinski definition) is 3. The van der Waals surface area contributed by atoms with Crippen molar-refractivity contribution in [3.05, 3.63) is 0 Å². The second-order valence-corrected chi connectivity index (χ2v) is 5.27. The van der Waals surface area contributed by atoms with Crippen LogP contribution in [0.2, 0.25) is 0 Å². The van der Waals surface area contributed by atoms with Crippen LogP contribution in [0.1, 0.15) is 33.6 Å². The van der Waals surface area contributed by atoms with Crippen LogP contribution >= 0.6 is 0 Å². The number of rotatable bonds is 5. The summed E-state index contributed by atoms with van der Waals surface area (Å²) in [5, 5.41) is 8.88. The molecular weight excluding hydrogens is 216 g/mol. The van der Waals surface area contributed by atoms with Gasteiger partial charge in [-0.05, 0) is 45.7 Å². The maximum Gasteiger partial charge on any atom is 0.219 e. The highest BCUT2D eigenvalue weighted by molar-refractivity contribution is 5.73. The minimum Gasteiger partial charge on any atom is -0.395 e. The third-order valence-electron chi connectivity index (χ3n) is 3.61. The standard InChI is InChI=1S/C13H26N2O2/c1-11(2)15(12(3)17)10-13-4-6-14(7-5-13)8-9-16/h11,13,16H,4-10H2,1-3H3. The van der Waals surface area contributed by atoms with Gasteiger partial charge in [0.1, 0.15) is 0 Å². The van der Waals surface area contributed by atoms with Gasteiger partial charge in [0.25, 0.3) is 0 Å². The molecule has 0 bridgehead atoms. The minimum absolute atomic E-state index is 0.179. The maximum atomic E-state index is 11.5. The van der Waals surface area contributed by atoms with Crippen molar-refractivity contribution < 1.29 is 9.90 Å². The maximum absolute atomic E-state index is 11.5. The smallest absolute Gasteiger partial charge is 0.219 e. The summed E-state index contributed by atoms with van der Waals surface area (Å²) in [7, 11) is 0. The van der Waals surface area contributed by atoms with Crippen LogP contribution in [0.25, 0.3) is 0 Å². The summed E-state index contributed by atoms with van der Waals surface area (Å²) in [6.07, 6.45) is 2.27. The van der Waals surface area contributed by atoms with Crippen molar-refractivity contribution in [1.82, 2.24) is 9.80 Å². The highest BCUT2D eigenvalue weighted by Gasteiger charge is 2.23. The zero-order chi connectivity index (χ0) is 12.8. The van der Waals surface area contributed by atoms with E-state index in [0.29, 0.717) is 12.0 Å². The number of aliphatic hydroxyl groups is 1. The molecule has 1 aliphatic rings. The molecule has 1 N–H and O–H groups in total. The van der Waals surface area contributed by atoms with Crippen LogP contribution in [-0.4, -0.2) is 59.6 Å². The van der Waals surface area contributed by atoms with Gasteiger partial charge in [-0.2, -0.15) is 0 Å². The molecule has 0 radical (unpaired) electrons. The van der Waals surface area contributed by atoms with Crippen molar-refractivity contribution in [3.8, 4) is 0 Å². The summed E-state index contributed by atoms with van der Waals surface area (Å²) in [5.74, 6) is 0.800. The van der Waals surface area contributed by atoms with Crippen LogP contribution < -0.4 is 0 Å². The molecule has 0 saturated carbocycles. The summed E-state index contributed by atoms with van der Waals surface area (Å²) >= 11 is 0. The van der Waals surface area contributed by atoms with E-state index in [9.17, 15) is 4.79 Å². The second-order valence-electron chi connectivity index (χ2n) is 5.27. The number of aliphatic hydroxyl groups excluding tert-OH is 1. The average Bonchev–Trinajstić information content (AvgIpc) is 2.27. The highest BCUT2D eigenvalue weighted by atomic mass is 16.3. The monoisotopic (exact) mass is 242 g/mol. The minimum atomic E-state index is 0.179. The van der Waals surface area contributed by atoms with Crippen LogP contribution in [0.5, 0.6) is 0 Å². The van der Waals surface area contributed by atoms with E-state index in [1.807, 2.05) is 4.90 Å². The summed E-state index contributed by atoms with van der Waals surface area (Å²) in [5.41, 5.74) is 0. The zero-order valence-corrected chi connectivity index (χ0v) is 11.4. The fourth-order valence-electron chi connectivity index (χ4n) is 2.52. The topological polar surface area (TPSA) is 43.8 Å². The first-order chi connectivity index (χ1) is 8.04. The number of carbonyl (C=O) groups is 1. The largest absolute Gasteiger partial charge is 0.395 e. The third-order valence-corrected chi connectivity index (χ3v) is 3.61. The first-order valence-corrected chi connectivity index (χ1v) is 6.65. The Morgan fingerprint density at radius 2 is 2.00 bits per heavy atom. The average molecular weight is 242 g/mol. The van der Waals surface area contributed by atoms with Crippen LogP contribution in [-0.2, 0) is 4.79 Å². The lowest BCUT2D eigenvalue weighted by atomic mass is 9.95. The van der Waals surface area contributed by atoms with E-state index in [2.05, 4.69) is 18.7 Å². The predicted molar refractivity (Wildman–Crippen MR) is 68.8 cm³/mol. The Bertz CT molecular complexity index is 236. The SMILES string of the molecule is CC(=O)N(CC1CCN(CCO)CC1)C(C)C. The number of piperidine rings is 1. The van der Waals surface area contributed by atoms with Gasteiger partial charge in [-0.15, -0.1) is 0 Å². The molecule has 1 aliphatic heterocycles. The van der Waals surface area contributed by atoms with Gasteiger partial charge in [0, 0.05) is 26.1 Å². The Balaban J connectivity index is 2.36. The lowest BCUT2D eigenvalue weighted by Crippen LogP contribution is -2.43. The van der Waals surface area contributed by atoms with Gasteiger partial charge in [-0.25, -0.2) is 0 Å². The van der Waals surface area contributed by atoms with Crippen molar-refractivity contribution in [3.63, 3.8) is 0 Å². The molecule has 1 rings (SSSR count). The number of likely N-dealkylation sites (tertiary alicyclic amines) is 1. The molecular formula is C13H26N2O2. The van der Waals surface area contributed by atoms with E-state index in [1.54, 1.807) is 6.92 Å². The van der Waals surface area contributed by atoms with Gasteiger partial charge in [-0.1, -0.05) is 0 Å². The van der Waals surface area contributed by atoms with Crippen LogP contribution in [0.3, 0.4) is 0 Å². The van der Waals surface area contributed by atoms with Gasteiger partial charge in [0.05, 0.1) is 6.61 Å². The van der Waals surface area contributed by atoms with Crippen molar-refractivity contribution in [2.24, 2.45) is 5.92 Å². The second kappa shape index (κ2) is 6.97. The summed E-state index contributed by atoms with van der Waals surface area (Å²) in [4.78, 5) is 15.8. The number of hydrogen-bond donors (Lipinski definition) is 1. The van der Waals surface area contributed by atoms with Crippen LogP contribution in [0.4, 0.5) is 0 Å². The molecule has 0 spiro atoms. The van der Waals surface area contributed by atoms with Gasteiger partial charge >= 0.3 is 0 Å². The quantitative estimate of drug-likeness (QED) is 0.780.